The van der Waals surface area contributed by atoms with Crippen LogP contribution in [-0.4, -0.2) is 0 Å². The summed E-state index contributed by atoms with van der Waals surface area (Å²) in [6, 6.07) is 49.2. The van der Waals surface area contributed by atoms with Crippen LogP contribution in [0.3, 0.4) is 0 Å². The highest BCUT2D eigenvalue weighted by Crippen LogP contribution is 2.45. The van der Waals surface area contributed by atoms with Crippen LogP contribution in [-0.2, 0) is 6.42 Å². The number of para-hydroxylation sites is 5. The van der Waals surface area contributed by atoms with Crippen molar-refractivity contribution in [3.05, 3.63) is 145 Å². The molecule has 0 radical (unpaired) electrons. The zero-order valence-corrected chi connectivity index (χ0v) is 19.4. The maximum atomic E-state index is 2.35. The van der Waals surface area contributed by atoms with Gasteiger partial charge in [-0.15, -0.1) is 0 Å². The first-order chi connectivity index (χ1) is 16.8. The molecule has 5 aromatic carbocycles. The van der Waals surface area contributed by atoms with Gasteiger partial charge in [0, 0.05) is 22.7 Å². The van der Waals surface area contributed by atoms with E-state index in [1.807, 2.05) is 0 Å². The number of rotatable bonds is 7. The second kappa shape index (κ2) is 10.1. The molecule has 0 aliphatic heterocycles. The van der Waals surface area contributed by atoms with E-state index in [0.29, 0.717) is 0 Å². The van der Waals surface area contributed by atoms with Gasteiger partial charge in [-0.3, -0.25) is 0 Å². The SMILES string of the molecule is CCc1cccc(N(c2ccccc2)c2ccccc2N(c2ccccc2)c2ccccc2)c1. The lowest BCUT2D eigenvalue weighted by atomic mass is 10.1. The Labute approximate surface area is 202 Å². The van der Waals surface area contributed by atoms with Crippen molar-refractivity contribution >= 4 is 34.1 Å². The van der Waals surface area contributed by atoms with E-state index in [-0.39, 0.29) is 0 Å². The first kappa shape index (κ1) is 21.5. The molecule has 166 valence electrons. The van der Waals surface area contributed by atoms with Gasteiger partial charge in [0.2, 0.25) is 0 Å². The topological polar surface area (TPSA) is 6.48 Å². The molecule has 0 spiro atoms. The second-order valence-corrected chi connectivity index (χ2v) is 8.19. The first-order valence-electron chi connectivity index (χ1n) is 11.8. The minimum absolute atomic E-state index is 0.998. The highest BCUT2D eigenvalue weighted by atomic mass is 15.2. The van der Waals surface area contributed by atoms with Crippen LogP contribution in [0.5, 0.6) is 0 Å². The van der Waals surface area contributed by atoms with Gasteiger partial charge < -0.3 is 9.80 Å². The Morgan fingerprint density at radius 1 is 0.412 bits per heavy atom. The number of hydrogen-bond acceptors (Lipinski definition) is 2. The van der Waals surface area contributed by atoms with Gasteiger partial charge in [0.25, 0.3) is 0 Å². The molecule has 0 heterocycles. The Morgan fingerprint density at radius 3 is 1.24 bits per heavy atom. The molecule has 0 fully saturated rings. The molecule has 0 bridgehead atoms. The highest BCUT2D eigenvalue weighted by Gasteiger charge is 2.21. The maximum absolute atomic E-state index is 2.35. The number of anilines is 6. The van der Waals surface area contributed by atoms with Crippen LogP contribution in [0.1, 0.15) is 12.5 Å². The molecule has 0 saturated heterocycles. The number of hydrogen-bond donors (Lipinski definition) is 0. The molecule has 2 nitrogen and oxygen atoms in total. The van der Waals surface area contributed by atoms with Gasteiger partial charge in [-0.1, -0.05) is 85.8 Å². The minimum Gasteiger partial charge on any atom is -0.308 e. The Morgan fingerprint density at radius 2 is 0.794 bits per heavy atom. The standard InChI is InChI=1S/C32H28N2/c1-2-26-15-14-22-30(25-26)34(29-20-10-5-11-21-29)32-24-13-12-23-31(32)33(27-16-6-3-7-17-27)28-18-8-4-9-19-28/h3-25H,2H2,1H3. The van der Waals surface area contributed by atoms with E-state index in [2.05, 4.69) is 156 Å². The summed E-state index contributed by atoms with van der Waals surface area (Å²) in [6.45, 7) is 2.20. The minimum atomic E-state index is 0.998. The summed E-state index contributed by atoms with van der Waals surface area (Å²) in [7, 11) is 0. The van der Waals surface area contributed by atoms with Crippen molar-refractivity contribution in [1.29, 1.82) is 0 Å². The van der Waals surface area contributed by atoms with Crippen molar-refractivity contribution in [3.8, 4) is 0 Å². The maximum Gasteiger partial charge on any atom is 0.0702 e. The fourth-order valence-electron chi connectivity index (χ4n) is 4.34. The summed E-state index contributed by atoms with van der Waals surface area (Å²) in [6.07, 6.45) is 0.998. The van der Waals surface area contributed by atoms with Crippen molar-refractivity contribution in [2.45, 2.75) is 13.3 Å². The molecule has 0 amide bonds. The third kappa shape index (κ3) is 4.44. The van der Waals surface area contributed by atoms with Gasteiger partial charge in [0.15, 0.2) is 0 Å². The van der Waals surface area contributed by atoms with E-state index in [1.54, 1.807) is 0 Å². The van der Waals surface area contributed by atoms with Crippen molar-refractivity contribution in [2.75, 3.05) is 9.80 Å². The molecule has 0 saturated carbocycles. The van der Waals surface area contributed by atoms with E-state index < -0.39 is 0 Å². The van der Waals surface area contributed by atoms with E-state index in [4.69, 9.17) is 0 Å². The van der Waals surface area contributed by atoms with Crippen LogP contribution in [0, 0.1) is 0 Å². The van der Waals surface area contributed by atoms with E-state index >= 15 is 0 Å². The van der Waals surface area contributed by atoms with Crippen molar-refractivity contribution < 1.29 is 0 Å². The van der Waals surface area contributed by atoms with Gasteiger partial charge in [-0.2, -0.15) is 0 Å². The Bertz CT molecular complexity index is 1290. The van der Waals surface area contributed by atoms with Gasteiger partial charge in [0.1, 0.15) is 0 Å². The summed E-state index contributed by atoms with van der Waals surface area (Å²) < 4.78 is 0. The third-order valence-corrected chi connectivity index (χ3v) is 5.98. The van der Waals surface area contributed by atoms with Crippen LogP contribution in [0.2, 0.25) is 0 Å². The first-order valence-corrected chi connectivity index (χ1v) is 11.8. The van der Waals surface area contributed by atoms with Crippen molar-refractivity contribution in [1.82, 2.24) is 0 Å². The number of benzene rings is 5. The lowest BCUT2D eigenvalue weighted by Crippen LogP contribution is -2.17. The summed E-state index contributed by atoms with van der Waals surface area (Å²) >= 11 is 0. The van der Waals surface area contributed by atoms with Gasteiger partial charge in [-0.05, 0) is 72.6 Å². The molecular formula is C32H28N2. The Balaban J connectivity index is 1.75. The van der Waals surface area contributed by atoms with Crippen molar-refractivity contribution in [3.63, 3.8) is 0 Å². The summed E-state index contributed by atoms with van der Waals surface area (Å²) in [4.78, 5) is 4.68. The molecule has 5 rings (SSSR count). The lowest BCUT2D eigenvalue weighted by molar-refractivity contribution is 1.13. The van der Waals surface area contributed by atoms with E-state index in [9.17, 15) is 0 Å². The predicted octanol–water partition coefficient (Wildman–Crippen LogP) is 9.19. The fraction of sp³-hybridized carbons (Fsp3) is 0.0625. The van der Waals surface area contributed by atoms with Crippen LogP contribution in [0.4, 0.5) is 34.1 Å². The molecule has 34 heavy (non-hydrogen) atoms. The van der Waals surface area contributed by atoms with Crippen LogP contribution >= 0.6 is 0 Å². The lowest BCUT2D eigenvalue weighted by Gasteiger charge is -2.33. The average molecular weight is 441 g/mol. The third-order valence-electron chi connectivity index (χ3n) is 5.98. The smallest absolute Gasteiger partial charge is 0.0702 e. The molecule has 0 aliphatic rings. The molecule has 0 atom stereocenters. The normalized spacial score (nSPS) is 10.6. The van der Waals surface area contributed by atoms with E-state index in [0.717, 1.165) is 40.5 Å². The van der Waals surface area contributed by atoms with Crippen LogP contribution < -0.4 is 9.80 Å². The van der Waals surface area contributed by atoms with Crippen molar-refractivity contribution in [2.24, 2.45) is 0 Å². The molecule has 0 aromatic heterocycles. The van der Waals surface area contributed by atoms with Crippen LogP contribution in [0.25, 0.3) is 0 Å². The molecule has 0 aliphatic carbocycles. The monoisotopic (exact) mass is 440 g/mol. The molecular weight excluding hydrogens is 412 g/mol. The zero-order valence-electron chi connectivity index (χ0n) is 19.4. The zero-order chi connectivity index (χ0) is 23.2. The number of nitrogens with zero attached hydrogens (tertiary/aromatic N) is 2. The van der Waals surface area contributed by atoms with Gasteiger partial charge in [-0.25, -0.2) is 0 Å². The summed E-state index contributed by atoms with van der Waals surface area (Å²) in [5, 5.41) is 0. The molecule has 2 heteroatoms. The highest BCUT2D eigenvalue weighted by molar-refractivity contribution is 5.91. The average Bonchev–Trinajstić information content (AvgIpc) is 2.92. The Hall–Kier alpha value is -4.30. The molecule has 5 aromatic rings. The fourth-order valence-corrected chi connectivity index (χ4v) is 4.34. The summed E-state index contributed by atoms with van der Waals surface area (Å²) in [5.41, 5.74) is 8.08. The largest absolute Gasteiger partial charge is 0.308 e. The molecule has 0 unspecified atom stereocenters. The predicted molar refractivity (Wildman–Crippen MR) is 145 cm³/mol. The van der Waals surface area contributed by atoms with Crippen LogP contribution in [0.15, 0.2) is 140 Å². The quantitative estimate of drug-likeness (QED) is 0.249. The number of aryl methyl sites for hydroxylation is 1. The summed E-state index contributed by atoms with van der Waals surface area (Å²) in [5.74, 6) is 0. The van der Waals surface area contributed by atoms with E-state index in [1.165, 1.54) is 5.56 Å². The van der Waals surface area contributed by atoms with Gasteiger partial charge in [0.05, 0.1) is 11.4 Å². The second-order valence-electron chi connectivity index (χ2n) is 8.19. The van der Waals surface area contributed by atoms with Gasteiger partial charge >= 0.3 is 0 Å². The Kier molecular flexibility index (Phi) is 6.40. The molecule has 0 N–H and O–H groups in total.